The van der Waals surface area contributed by atoms with E-state index in [2.05, 4.69) is 15.2 Å². The number of hydrogen-bond donors (Lipinski definition) is 1. The van der Waals surface area contributed by atoms with Gasteiger partial charge in [-0.05, 0) is 12.8 Å². The van der Waals surface area contributed by atoms with Gasteiger partial charge in [-0.15, -0.1) is 0 Å². The molecule has 0 bridgehead atoms. The van der Waals surface area contributed by atoms with Crippen molar-refractivity contribution in [2.24, 2.45) is 5.73 Å². The molecule has 2 aliphatic rings. The third-order valence-corrected chi connectivity index (χ3v) is 4.22. The molecule has 110 valence electrons. The lowest BCUT2D eigenvalue weighted by atomic mass is 10.1. The Labute approximate surface area is 121 Å². The van der Waals surface area contributed by atoms with Crippen LogP contribution in [-0.2, 0) is 6.54 Å². The zero-order valence-corrected chi connectivity index (χ0v) is 11.6. The molecule has 1 aliphatic heterocycles. The highest BCUT2D eigenvalue weighted by Gasteiger charge is 2.33. The Balaban J connectivity index is 1.36. The summed E-state index contributed by atoms with van der Waals surface area (Å²) in [5.74, 6) is 1.22. The molecule has 4 rings (SSSR count). The Morgan fingerprint density at radius 1 is 1.38 bits per heavy atom. The third kappa shape index (κ3) is 2.33. The number of rotatable bonds is 5. The molecule has 1 aliphatic carbocycles. The molecule has 2 aromatic heterocycles. The summed E-state index contributed by atoms with van der Waals surface area (Å²) in [6.07, 6.45) is 7.51. The van der Waals surface area contributed by atoms with Crippen LogP contribution in [0.25, 0.3) is 0 Å². The molecule has 0 unspecified atom stereocenters. The predicted octanol–water partition coefficient (Wildman–Crippen LogP) is 0.904. The van der Waals surface area contributed by atoms with Gasteiger partial charge in [-0.25, -0.2) is 0 Å². The first kappa shape index (κ1) is 12.6. The van der Waals surface area contributed by atoms with Crippen LogP contribution in [0.5, 0.6) is 0 Å². The van der Waals surface area contributed by atoms with Gasteiger partial charge < -0.3 is 10.3 Å². The average molecular weight is 287 g/mol. The molecular weight excluding hydrogens is 270 g/mol. The van der Waals surface area contributed by atoms with Crippen molar-refractivity contribution in [3.63, 3.8) is 0 Å². The molecule has 0 spiro atoms. The molecule has 0 aromatic carbocycles. The number of carbonyl (C=O) groups is 1. The van der Waals surface area contributed by atoms with Crippen LogP contribution in [0, 0.1) is 0 Å². The Morgan fingerprint density at radius 3 is 2.86 bits per heavy atom. The van der Waals surface area contributed by atoms with E-state index in [1.165, 1.54) is 24.6 Å². The minimum Gasteiger partial charge on any atom is -0.366 e. The number of likely N-dealkylation sites (tertiary alicyclic amines) is 1. The van der Waals surface area contributed by atoms with Gasteiger partial charge in [0.2, 0.25) is 0 Å². The third-order valence-electron chi connectivity index (χ3n) is 4.22. The lowest BCUT2D eigenvalue weighted by Crippen LogP contribution is -2.47. The molecule has 21 heavy (non-hydrogen) atoms. The molecule has 1 amide bonds. The van der Waals surface area contributed by atoms with Gasteiger partial charge >= 0.3 is 0 Å². The van der Waals surface area contributed by atoms with Crippen molar-refractivity contribution < 1.29 is 9.32 Å². The molecule has 3 heterocycles. The maximum Gasteiger partial charge on any atom is 0.251 e. The maximum absolute atomic E-state index is 11.1. The van der Waals surface area contributed by atoms with Crippen molar-refractivity contribution in [3.05, 3.63) is 35.5 Å². The molecule has 2 fully saturated rings. The molecule has 1 saturated heterocycles. The number of nitrogens with zero attached hydrogens (tertiary/aromatic N) is 4. The summed E-state index contributed by atoms with van der Waals surface area (Å²) in [5, 5.41) is 8.13. The minimum absolute atomic E-state index is 0.308. The second kappa shape index (κ2) is 4.70. The van der Waals surface area contributed by atoms with Gasteiger partial charge in [-0.3, -0.25) is 14.4 Å². The van der Waals surface area contributed by atoms with Crippen molar-refractivity contribution in [1.82, 2.24) is 19.8 Å². The molecule has 2 aromatic rings. The van der Waals surface area contributed by atoms with Gasteiger partial charge in [0.15, 0.2) is 0 Å². The molecule has 2 N–H and O–H groups in total. The first-order valence-corrected chi connectivity index (χ1v) is 7.20. The van der Waals surface area contributed by atoms with Crippen LogP contribution in [0.3, 0.4) is 0 Å². The van der Waals surface area contributed by atoms with E-state index in [1.54, 1.807) is 6.20 Å². The van der Waals surface area contributed by atoms with Gasteiger partial charge in [0.25, 0.3) is 5.91 Å². The number of primary amides is 1. The van der Waals surface area contributed by atoms with Crippen LogP contribution in [0.1, 0.15) is 46.5 Å². The Morgan fingerprint density at radius 2 is 2.19 bits per heavy atom. The molecule has 1 saturated carbocycles. The number of aromatic nitrogens is 3. The quantitative estimate of drug-likeness (QED) is 0.882. The number of hydrogen-bond acceptors (Lipinski definition) is 5. The first-order chi connectivity index (χ1) is 10.2. The second-order valence-corrected chi connectivity index (χ2v) is 5.91. The van der Waals surface area contributed by atoms with Crippen molar-refractivity contribution in [2.45, 2.75) is 31.3 Å². The standard InChI is InChI=1S/C14H17N5O2/c15-14(20)11-3-16-19(6-11)12-7-18(8-12)5-10-4-17-21-13(10)9-1-2-9/h3-4,6,9,12H,1-2,5,7-8H2,(H2,15,20). The zero-order chi connectivity index (χ0) is 14.4. The van der Waals surface area contributed by atoms with E-state index in [0.29, 0.717) is 17.5 Å². The summed E-state index contributed by atoms with van der Waals surface area (Å²) in [7, 11) is 0. The van der Waals surface area contributed by atoms with E-state index in [1.807, 2.05) is 10.9 Å². The van der Waals surface area contributed by atoms with E-state index < -0.39 is 5.91 Å². The van der Waals surface area contributed by atoms with E-state index >= 15 is 0 Å². The number of carbonyl (C=O) groups excluding carboxylic acids is 1. The van der Waals surface area contributed by atoms with E-state index in [-0.39, 0.29) is 0 Å². The minimum atomic E-state index is -0.434. The highest BCUT2D eigenvalue weighted by atomic mass is 16.5. The van der Waals surface area contributed by atoms with Crippen molar-refractivity contribution in [3.8, 4) is 0 Å². The largest absolute Gasteiger partial charge is 0.366 e. The summed E-state index contributed by atoms with van der Waals surface area (Å²) in [6, 6.07) is 0.308. The van der Waals surface area contributed by atoms with E-state index in [4.69, 9.17) is 10.3 Å². The van der Waals surface area contributed by atoms with Crippen molar-refractivity contribution >= 4 is 5.91 Å². The topological polar surface area (TPSA) is 90.2 Å². The predicted molar refractivity (Wildman–Crippen MR) is 73.5 cm³/mol. The first-order valence-electron chi connectivity index (χ1n) is 7.20. The van der Waals surface area contributed by atoms with Gasteiger partial charge in [0, 0.05) is 37.3 Å². The fourth-order valence-corrected chi connectivity index (χ4v) is 2.81. The molecule has 0 atom stereocenters. The number of nitrogens with two attached hydrogens (primary N) is 1. The summed E-state index contributed by atoms with van der Waals surface area (Å²) < 4.78 is 7.18. The summed E-state index contributed by atoms with van der Waals surface area (Å²) in [4.78, 5) is 13.4. The summed E-state index contributed by atoms with van der Waals surface area (Å²) in [6.45, 7) is 2.69. The fraction of sp³-hybridized carbons (Fsp3) is 0.500. The summed E-state index contributed by atoms with van der Waals surface area (Å²) >= 11 is 0. The lowest BCUT2D eigenvalue weighted by molar-refractivity contribution is 0.0900. The Kier molecular flexibility index (Phi) is 2.81. The van der Waals surface area contributed by atoms with Crippen LogP contribution in [-0.4, -0.2) is 38.8 Å². The normalized spacial score (nSPS) is 19.6. The van der Waals surface area contributed by atoms with E-state index in [0.717, 1.165) is 25.4 Å². The van der Waals surface area contributed by atoms with E-state index in [9.17, 15) is 4.79 Å². The van der Waals surface area contributed by atoms with Crippen LogP contribution >= 0.6 is 0 Å². The van der Waals surface area contributed by atoms with Crippen LogP contribution in [0.4, 0.5) is 0 Å². The van der Waals surface area contributed by atoms with Gasteiger partial charge in [-0.2, -0.15) is 5.10 Å². The Hall–Kier alpha value is -2.15. The van der Waals surface area contributed by atoms with Gasteiger partial charge in [-0.1, -0.05) is 5.16 Å². The lowest BCUT2D eigenvalue weighted by Gasteiger charge is -2.39. The molecule has 7 heteroatoms. The Bertz CT molecular complexity index is 666. The molecule has 7 nitrogen and oxygen atoms in total. The van der Waals surface area contributed by atoms with Crippen LogP contribution < -0.4 is 5.73 Å². The second-order valence-electron chi connectivity index (χ2n) is 5.91. The number of amides is 1. The van der Waals surface area contributed by atoms with Gasteiger partial charge in [0.05, 0.1) is 24.0 Å². The molecular formula is C14H17N5O2. The fourth-order valence-electron chi connectivity index (χ4n) is 2.81. The average Bonchev–Trinajstić information content (AvgIpc) is 2.97. The van der Waals surface area contributed by atoms with Crippen LogP contribution in [0.15, 0.2) is 23.1 Å². The van der Waals surface area contributed by atoms with Crippen LogP contribution in [0.2, 0.25) is 0 Å². The maximum atomic E-state index is 11.1. The highest BCUT2D eigenvalue weighted by Crippen LogP contribution is 2.42. The summed E-state index contributed by atoms with van der Waals surface area (Å²) in [5.41, 5.74) is 6.90. The monoisotopic (exact) mass is 287 g/mol. The van der Waals surface area contributed by atoms with Crippen molar-refractivity contribution in [2.75, 3.05) is 13.1 Å². The zero-order valence-electron chi connectivity index (χ0n) is 11.6. The SMILES string of the molecule is NC(=O)c1cnn(C2CN(Cc3cnoc3C3CC3)C2)c1. The highest BCUT2D eigenvalue weighted by molar-refractivity contribution is 5.92. The van der Waals surface area contributed by atoms with Gasteiger partial charge in [0.1, 0.15) is 5.76 Å². The smallest absolute Gasteiger partial charge is 0.251 e. The van der Waals surface area contributed by atoms with Crippen molar-refractivity contribution in [1.29, 1.82) is 0 Å². The molecule has 0 radical (unpaired) electrons.